The fourth-order valence-electron chi connectivity index (χ4n) is 2.20. The smallest absolute Gasteiger partial charge is 0.0210 e. The fraction of sp³-hybridized carbons (Fsp3) is 0.500. The number of hydrogen-bond donors (Lipinski definition) is 1. The van der Waals surface area contributed by atoms with Gasteiger partial charge in [-0.1, -0.05) is 41.1 Å². The van der Waals surface area contributed by atoms with Gasteiger partial charge in [-0.05, 0) is 36.9 Å². The standard InChI is InChI=1S/C12H16BrN/c1-9(12-7-4-8-14-12)10-5-2-3-6-11(10)13/h2-3,5-6,9,12,14H,4,7-8H2,1H3. The number of nitrogens with one attached hydrogen (secondary N) is 1. The van der Waals surface area contributed by atoms with Crippen molar-refractivity contribution in [2.24, 2.45) is 0 Å². The molecule has 0 aliphatic carbocycles. The summed E-state index contributed by atoms with van der Waals surface area (Å²) in [5.74, 6) is 0.605. The van der Waals surface area contributed by atoms with Crippen LogP contribution in [0.15, 0.2) is 28.7 Å². The second kappa shape index (κ2) is 4.45. The summed E-state index contributed by atoms with van der Waals surface area (Å²) in [7, 11) is 0. The molecule has 2 heteroatoms. The van der Waals surface area contributed by atoms with Crippen molar-refractivity contribution in [3.05, 3.63) is 34.3 Å². The molecule has 0 spiro atoms. The highest BCUT2D eigenvalue weighted by Crippen LogP contribution is 2.29. The monoisotopic (exact) mass is 253 g/mol. The average Bonchev–Trinajstić information content (AvgIpc) is 2.70. The number of rotatable bonds is 2. The first-order chi connectivity index (χ1) is 6.79. The average molecular weight is 254 g/mol. The van der Waals surface area contributed by atoms with Crippen LogP contribution in [0.3, 0.4) is 0 Å². The normalized spacial score (nSPS) is 23.7. The summed E-state index contributed by atoms with van der Waals surface area (Å²) in [4.78, 5) is 0. The van der Waals surface area contributed by atoms with Gasteiger partial charge in [-0.25, -0.2) is 0 Å². The maximum atomic E-state index is 3.62. The quantitative estimate of drug-likeness (QED) is 0.853. The minimum Gasteiger partial charge on any atom is -0.313 e. The summed E-state index contributed by atoms with van der Waals surface area (Å²) < 4.78 is 1.24. The second-order valence-corrected chi connectivity index (χ2v) is 4.87. The van der Waals surface area contributed by atoms with Gasteiger partial charge in [0.2, 0.25) is 0 Å². The van der Waals surface area contributed by atoms with Gasteiger partial charge in [0.25, 0.3) is 0 Å². The van der Waals surface area contributed by atoms with Gasteiger partial charge in [0.15, 0.2) is 0 Å². The number of hydrogen-bond acceptors (Lipinski definition) is 1. The van der Waals surface area contributed by atoms with E-state index >= 15 is 0 Å². The van der Waals surface area contributed by atoms with Crippen molar-refractivity contribution in [2.75, 3.05) is 6.54 Å². The predicted molar refractivity (Wildman–Crippen MR) is 63.6 cm³/mol. The van der Waals surface area contributed by atoms with E-state index in [1.807, 2.05) is 0 Å². The van der Waals surface area contributed by atoms with E-state index in [0.717, 1.165) is 0 Å². The molecule has 2 atom stereocenters. The topological polar surface area (TPSA) is 12.0 Å². The summed E-state index contributed by atoms with van der Waals surface area (Å²) >= 11 is 3.62. The van der Waals surface area contributed by atoms with Gasteiger partial charge >= 0.3 is 0 Å². The Morgan fingerprint density at radius 2 is 2.21 bits per heavy atom. The lowest BCUT2D eigenvalue weighted by atomic mass is 9.92. The first kappa shape index (κ1) is 10.2. The predicted octanol–water partition coefficient (Wildman–Crippen LogP) is 3.30. The van der Waals surface area contributed by atoms with Gasteiger partial charge in [0.05, 0.1) is 0 Å². The molecule has 1 fully saturated rings. The van der Waals surface area contributed by atoms with E-state index in [2.05, 4.69) is 52.4 Å². The van der Waals surface area contributed by atoms with Crippen LogP contribution in [0, 0.1) is 0 Å². The summed E-state index contributed by atoms with van der Waals surface area (Å²) in [6.07, 6.45) is 2.63. The van der Waals surface area contributed by atoms with Gasteiger partial charge < -0.3 is 5.32 Å². The molecular weight excluding hydrogens is 238 g/mol. The minimum atomic E-state index is 0.605. The van der Waals surface area contributed by atoms with E-state index in [1.54, 1.807) is 0 Å². The molecular formula is C12H16BrN. The van der Waals surface area contributed by atoms with E-state index in [4.69, 9.17) is 0 Å². The molecule has 0 bridgehead atoms. The van der Waals surface area contributed by atoms with Crippen LogP contribution in [0.25, 0.3) is 0 Å². The third-order valence-corrected chi connectivity index (χ3v) is 3.82. The summed E-state index contributed by atoms with van der Waals surface area (Å²) in [5, 5.41) is 3.56. The summed E-state index contributed by atoms with van der Waals surface area (Å²) in [6, 6.07) is 9.19. The summed E-state index contributed by atoms with van der Waals surface area (Å²) in [6.45, 7) is 3.49. The van der Waals surface area contributed by atoms with Crippen LogP contribution in [0.1, 0.15) is 31.2 Å². The van der Waals surface area contributed by atoms with Gasteiger partial charge in [0, 0.05) is 10.5 Å². The van der Waals surface area contributed by atoms with Crippen LogP contribution in [0.4, 0.5) is 0 Å². The van der Waals surface area contributed by atoms with Crippen LogP contribution >= 0.6 is 15.9 Å². The van der Waals surface area contributed by atoms with E-state index in [-0.39, 0.29) is 0 Å². The maximum Gasteiger partial charge on any atom is 0.0210 e. The van der Waals surface area contributed by atoms with Gasteiger partial charge in [-0.2, -0.15) is 0 Å². The molecule has 0 radical (unpaired) electrons. The Kier molecular flexibility index (Phi) is 3.24. The molecule has 1 heterocycles. The summed E-state index contributed by atoms with van der Waals surface area (Å²) in [5.41, 5.74) is 1.42. The Bertz CT molecular complexity index is 305. The molecule has 1 aromatic carbocycles. The van der Waals surface area contributed by atoms with Crippen LogP contribution in [0.5, 0.6) is 0 Å². The Morgan fingerprint density at radius 1 is 1.43 bits per heavy atom. The van der Waals surface area contributed by atoms with Crippen molar-refractivity contribution in [3.63, 3.8) is 0 Å². The Labute approximate surface area is 94.0 Å². The Morgan fingerprint density at radius 3 is 2.86 bits per heavy atom. The molecule has 14 heavy (non-hydrogen) atoms. The molecule has 2 rings (SSSR count). The third kappa shape index (κ3) is 2.01. The molecule has 1 N–H and O–H groups in total. The van der Waals surface area contributed by atoms with E-state index in [0.29, 0.717) is 12.0 Å². The second-order valence-electron chi connectivity index (χ2n) is 4.01. The van der Waals surface area contributed by atoms with Crippen LogP contribution in [0.2, 0.25) is 0 Å². The van der Waals surface area contributed by atoms with Gasteiger partial charge in [0.1, 0.15) is 0 Å². The van der Waals surface area contributed by atoms with Gasteiger partial charge in [-0.15, -0.1) is 0 Å². The first-order valence-corrected chi connectivity index (χ1v) is 6.06. The van der Waals surface area contributed by atoms with Crippen LogP contribution in [-0.2, 0) is 0 Å². The zero-order valence-electron chi connectivity index (χ0n) is 8.46. The fourth-order valence-corrected chi connectivity index (χ4v) is 2.85. The molecule has 1 nitrogen and oxygen atoms in total. The zero-order valence-corrected chi connectivity index (χ0v) is 10.0. The largest absolute Gasteiger partial charge is 0.313 e. The molecule has 0 aromatic heterocycles. The lowest BCUT2D eigenvalue weighted by Gasteiger charge is -2.20. The molecule has 1 aliphatic heterocycles. The SMILES string of the molecule is CC(c1ccccc1Br)C1CCCN1. The van der Waals surface area contributed by atoms with Crippen molar-refractivity contribution < 1.29 is 0 Å². The minimum absolute atomic E-state index is 0.605. The highest BCUT2D eigenvalue weighted by Gasteiger charge is 2.23. The lowest BCUT2D eigenvalue weighted by molar-refractivity contribution is 0.516. The van der Waals surface area contributed by atoms with Crippen molar-refractivity contribution >= 4 is 15.9 Å². The van der Waals surface area contributed by atoms with Crippen molar-refractivity contribution in [1.29, 1.82) is 0 Å². The van der Waals surface area contributed by atoms with Crippen molar-refractivity contribution in [1.82, 2.24) is 5.32 Å². The number of halogens is 1. The maximum absolute atomic E-state index is 3.62. The van der Waals surface area contributed by atoms with Gasteiger partial charge in [-0.3, -0.25) is 0 Å². The molecule has 0 saturated carbocycles. The highest BCUT2D eigenvalue weighted by atomic mass is 79.9. The molecule has 1 aromatic rings. The number of benzene rings is 1. The van der Waals surface area contributed by atoms with Crippen LogP contribution in [-0.4, -0.2) is 12.6 Å². The zero-order chi connectivity index (χ0) is 9.97. The Balaban J connectivity index is 2.17. The first-order valence-electron chi connectivity index (χ1n) is 5.27. The molecule has 1 saturated heterocycles. The molecule has 0 amide bonds. The molecule has 1 aliphatic rings. The van der Waals surface area contributed by atoms with E-state index in [1.165, 1.54) is 29.4 Å². The van der Waals surface area contributed by atoms with Crippen molar-refractivity contribution in [2.45, 2.75) is 31.7 Å². The Hall–Kier alpha value is -0.340. The van der Waals surface area contributed by atoms with E-state index < -0.39 is 0 Å². The molecule has 2 unspecified atom stereocenters. The lowest BCUT2D eigenvalue weighted by Crippen LogP contribution is -2.27. The van der Waals surface area contributed by atoms with Crippen LogP contribution < -0.4 is 5.32 Å². The van der Waals surface area contributed by atoms with Crippen molar-refractivity contribution in [3.8, 4) is 0 Å². The molecule has 76 valence electrons. The highest BCUT2D eigenvalue weighted by molar-refractivity contribution is 9.10. The third-order valence-electron chi connectivity index (χ3n) is 3.10. The van der Waals surface area contributed by atoms with E-state index in [9.17, 15) is 0 Å².